The van der Waals surface area contributed by atoms with Crippen molar-refractivity contribution in [3.63, 3.8) is 0 Å². The quantitative estimate of drug-likeness (QED) is 0.0334. The Kier molecular flexibility index (Phi) is 24.0. The lowest BCUT2D eigenvalue weighted by atomic mass is 9.97. The van der Waals surface area contributed by atoms with Crippen molar-refractivity contribution in [2.24, 2.45) is 0 Å². The zero-order chi connectivity index (χ0) is 54.3. The first-order valence-electron chi connectivity index (χ1n) is 24.2. The van der Waals surface area contributed by atoms with Gasteiger partial charge in [-0.1, -0.05) is 12.8 Å². The van der Waals surface area contributed by atoms with Crippen LogP contribution in [0.1, 0.15) is 25.7 Å². The summed E-state index contributed by atoms with van der Waals surface area (Å²) in [6.45, 7) is -4.66. The van der Waals surface area contributed by atoms with E-state index in [1.807, 2.05) is 0 Å². The van der Waals surface area contributed by atoms with E-state index in [0.717, 1.165) is 19.3 Å². The maximum Gasteiger partial charge on any atom is 0.187 e. The Bertz CT molecular complexity index is 1630. The van der Waals surface area contributed by atoms with Gasteiger partial charge < -0.3 is 154 Å². The molecule has 0 aromatic rings. The van der Waals surface area contributed by atoms with Crippen LogP contribution >= 0.6 is 12.6 Å². The fourth-order valence-corrected chi connectivity index (χ4v) is 9.19. The van der Waals surface area contributed by atoms with Crippen molar-refractivity contribution in [2.45, 2.75) is 210 Å². The first-order chi connectivity index (χ1) is 35.1. The van der Waals surface area contributed by atoms with E-state index in [2.05, 4.69) is 12.6 Å². The molecule has 6 aliphatic rings. The smallest absolute Gasteiger partial charge is 0.187 e. The highest BCUT2D eigenvalue weighted by Crippen LogP contribution is 2.33. The lowest BCUT2D eigenvalue weighted by molar-refractivity contribution is -0.378. The van der Waals surface area contributed by atoms with Gasteiger partial charge in [0.1, 0.15) is 146 Å². The third-order valence-corrected chi connectivity index (χ3v) is 14.0. The van der Waals surface area contributed by atoms with Gasteiger partial charge in [0.25, 0.3) is 0 Å². The average Bonchev–Trinajstić information content (AvgIpc) is 3.39. The van der Waals surface area contributed by atoms with Crippen molar-refractivity contribution < 1.29 is 154 Å². The minimum Gasteiger partial charge on any atom is -0.394 e. The molecule has 0 amide bonds. The molecular formula is C42H74O31S. The van der Waals surface area contributed by atoms with Crippen LogP contribution < -0.4 is 0 Å². The number of rotatable bonds is 23. The summed E-state index contributed by atoms with van der Waals surface area (Å²) in [5, 5.41) is 201. The van der Waals surface area contributed by atoms with Crippen molar-refractivity contribution in [1.29, 1.82) is 0 Å². The predicted octanol–water partition coefficient (Wildman–Crippen LogP) is -11.6. The lowest BCUT2D eigenvalue weighted by Crippen LogP contribution is -2.65. The van der Waals surface area contributed by atoms with E-state index in [1.54, 1.807) is 0 Å². The molecule has 30 atom stereocenters. The molecule has 0 radical (unpaired) electrons. The van der Waals surface area contributed by atoms with Gasteiger partial charge in [-0.05, 0) is 18.6 Å². The van der Waals surface area contributed by atoms with Crippen molar-refractivity contribution in [3.8, 4) is 0 Å². The van der Waals surface area contributed by atoms with Crippen molar-refractivity contribution >= 4 is 12.6 Å². The third kappa shape index (κ3) is 14.5. The molecule has 0 aromatic carbocycles. The van der Waals surface area contributed by atoms with Gasteiger partial charge in [0.15, 0.2) is 37.7 Å². The summed E-state index contributed by atoms with van der Waals surface area (Å²) in [6, 6.07) is 0. The maximum atomic E-state index is 11.5. The molecule has 0 saturated carbocycles. The largest absolute Gasteiger partial charge is 0.394 e. The van der Waals surface area contributed by atoms with Gasteiger partial charge in [0.2, 0.25) is 0 Å². The summed E-state index contributed by atoms with van der Waals surface area (Å²) in [7, 11) is 0. The Morgan fingerprint density at radius 1 is 0.284 bits per heavy atom. The fraction of sp³-hybridized carbons (Fsp3) is 1.00. The van der Waals surface area contributed by atoms with Crippen LogP contribution in [-0.2, 0) is 56.8 Å². The Hall–Kier alpha value is -0.890. The zero-order valence-corrected chi connectivity index (χ0v) is 40.5. The Morgan fingerprint density at radius 3 is 0.946 bits per heavy atom. The van der Waals surface area contributed by atoms with Crippen LogP contribution in [0.25, 0.3) is 0 Å². The first kappa shape index (κ1) is 62.3. The minimum atomic E-state index is -2.14. The molecule has 32 heteroatoms. The number of aliphatic hydroxyl groups excluding tert-OH is 19. The van der Waals surface area contributed by atoms with Gasteiger partial charge in [-0.15, -0.1) is 0 Å². The van der Waals surface area contributed by atoms with Crippen LogP contribution in [0, 0.1) is 0 Å². The van der Waals surface area contributed by atoms with Crippen LogP contribution in [0.15, 0.2) is 0 Å². The highest BCUT2D eigenvalue weighted by Gasteiger charge is 2.54. The number of hydrogen-bond donors (Lipinski definition) is 20. The van der Waals surface area contributed by atoms with Crippen LogP contribution in [0.2, 0.25) is 0 Å². The minimum absolute atomic E-state index is 0.132. The van der Waals surface area contributed by atoms with Crippen molar-refractivity contribution in [3.05, 3.63) is 0 Å². The van der Waals surface area contributed by atoms with E-state index >= 15 is 0 Å². The molecule has 0 unspecified atom stereocenters. The molecule has 6 fully saturated rings. The molecule has 6 aliphatic heterocycles. The summed E-state index contributed by atoms with van der Waals surface area (Å²) in [5.41, 5.74) is 0. The molecule has 6 rings (SSSR count). The third-order valence-electron chi connectivity index (χ3n) is 13.7. The predicted molar refractivity (Wildman–Crippen MR) is 235 cm³/mol. The molecule has 74 heavy (non-hydrogen) atoms. The van der Waals surface area contributed by atoms with Gasteiger partial charge in [-0.3, -0.25) is 0 Å². The Balaban J connectivity index is 1.12. The molecule has 0 spiro atoms. The van der Waals surface area contributed by atoms with Gasteiger partial charge in [0, 0.05) is 6.61 Å². The lowest BCUT2D eigenvalue weighted by Gasteiger charge is -2.47. The number of aliphatic hydroxyl groups is 19. The van der Waals surface area contributed by atoms with Crippen LogP contribution in [-0.4, -0.2) is 333 Å². The molecule has 19 N–H and O–H groups in total. The first-order valence-corrected chi connectivity index (χ1v) is 24.8. The number of unbranched alkanes of at least 4 members (excludes halogenated alkanes) is 3. The topological polar surface area (TPSA) is 495 Å². The summed E-state index contributed by atoms with van der Waals surface area (Å²) < 4.78 is 67.5. The van der Waals surface area contributed by atoms with Crippen LogP contribution in [0.5, 0.6) is 0 Å². The molecule has 31 nitrogen and oxygen atoms in total. The van der Waals surface area contributed by atoms with Gasteiger partial charge >= 0.3 is 0 Å². The molecule has 434 valence electrons. The van der Waals surface area contributed by atoms with E-state index in [-0.39, 0.29) is 6.61 Å². The summed E-state index contributed by atoms with van der Waals surface area (Å²) in [6.07, 6.45) is -51.4. The molecule has 6 heterocycles. The molecule has 0 bridgehead atoms. The SMILES string of the molecule is OC[C@H]1O[C@H](OC[C@H]2O[C@H](OC[C@H]3O[C@H](OC[C@H]4O[C@H](OC[C@H]5O[C@H](OCCCCCCS)[C@@H](O)[C@@H](O)[C@@H]5O)[C@@H](O)[C@@H](O)[C@@H]4O)[C@@H](O[C@H]4O[C@H](CO)[C@@H](O)[C@H](O)[C@@H]4O)[C@@H](O)[C@@H]3O)[C@@H](O)[C@@H](O)[C@@H]2O)[C@@H](O)[C@@H](O)[C@@H]1O. The van der Waals surface area contributed by atoms with Crippen LogP contribution in [0.3, 0.4) is 0 Å². The number of ether oxygens (including phenoxy) is 12. The average molecular weight is 1110 g/mol. The van der Waals surface area contributed by atoms with Gasteiger partial charge in [-0.2, -0.15) is 12.6 Å². The Morgan fingerprint density at radius 2 is 0.568 bits per heavy atom. The van der Waals surface area contributed by atoms with E-state index in [4.69, 9.17) is 56.8 Å². The van der Waals surface area contributed by atoms with E-state index in [0.29, 0.717) is 12.2 Å². The monoisotopic (exact) mass is 1110 g/mol. The maximum absolute atomic E-state index is 11.5. The van der Waals surface area contributed by atoms with E-state index in [1.165, 1.54) is 0 Å². The van der Waals surface area contributed by atoms with Gasteiger partial charge in [-0.25, -0.2) is 0 Å². The normalized spacial score (nSPS) is 49.5. The highest BCUT2D eigenvalue weighted by atomic mass is 32.1. The van der Waals surface area contributed by atoms with E-state index < -0.39 is 224 Å². The summed E-state index contributed by atoms with van der Waals surface area (Å²) in [4.78, 5) is 0. The van der Waals surface area contributed by atoms with E-state index in [9.17, 15) is 97.0 Å². The molecular weight excluding hydrogens is 1030 g/mol. The van der Waals surface area contributed by atoms with Crippen molar-refractivity contribution in [2.75, 3.05) is 52.0 Å². The zero-order valence-electron chi connectivity index (χ0n) is 39.6. The standard InChI is InChI=1S/C42H74O31S/c43-7-13-19(45)25(51)32(58)38(67-13)63-10-16-22(48)28(54)33(59)40(70-16)65-11-18-24(50)30(56)36(73-41-35(61)26(52)20(46)14(8-44)68-41)42(72-18)66-12-17-23(49)29(55)34(60)39(71-17)64-9-15-21(47)27(53)31(57)37(69-15)62-5-3-1-2-4-6-74/h13-61,74H,1-12H2/t13-,14-,15-,16-,17-,18-,19-,20-,21-,22-,23-,24-,25+,26+,27+,28+,29+,30+,31+,32+,33+,34+,35+,36+,37+,38+,39+,40+,41-,42+/m1/s1. The van der Waals surface area contributed by atoms with Crippen LogP contribution in [0.4, 0.5) is 0 Å². The molecule has 6 saturated heterocycles. The highest BCUT2D eigenvalue weighted by molar-refractivity contribution is 7.80. The number of hydrogen-bond acceptors (Lipinski definition) is 32. The second-order valence-corrected chi connectivity index (χ2v) is 19.4. The molecule has 0 aliphatic carbocycles. The van der Waals surface area contributed by atoms with Gasteiger partial charge in [0.05, 0.1) is 39.6 Å². The second kappa shape index (κ2) is 28.5. The van der Waals surface area contributed by atoms with Crippen molar-refractivity contribution in [1.82, 2.24) is 0 Å². The fourth-order valence-electron chi connectivity index (χ4n) is 8.96. The summed E-state index contributed by atoms with van der Waals surface area (Å²) >= 11 is 4.17. The Labute approximate surface area is 427 Å². The number of thiol groups is 1. The molecule has 0 aromatic heterocycles. The summed E-state index contributed by atoms with van der Waals surface area (Å²) in [5.74, 6) is 0.710. The second-order valence-electron chi connectivity index (χ2n) is 18.9.